The summed E-state index contributed by atoms with van der Waals surface area (Å²) in [6.07, 6.45) is 8.72. The number of fused-ring (bicyclic) bond motifs is 1. The third-order valence-electron chi connectivity index (χ3n) is 7.45. The largest absolute Gasteiger partial charge is 0.347 e. The molecule has 2 aliphatic rings. The van der Waals surface area contributed by atoms with E-state index in [4.69, 9.17) is 11.6 Å². The van der Waals surface area contributed by atoms with Gasteiger partial charge in [-0.1, -0.05) is 35.9 Å². The van der Waals surface area contributed by atoms with E-state index in [-0.39, 0.29) is 11.8 Å². The van der Waals surface area contributed by atoms with Gasteiger partial charge in [0.15, 0.2) is 6.29 Å². The lowest BCUT2D eigenvalue weighted by Crippen LogP contribution is -2.35. The molecule has 0 bridgehead atoms. The van der Waals surface area contributed by atoms with Gasteiger partial charge in [0.25, 0.3) is 5.56 Å². The van der Waals surface area contributed by atoms with Gasteiger partial charge in [-0.25, -0.2) is 15.0 Å². The molecule has 9 heteroatoms. The SMILES string of the molecule is CCn1c2c(cc(-c3ccc(-c4cncnc4)cc3Cl)c1=O)C=NC(Nc1ccc(C3CCNCC3)cc1)N2. The highest BCUT2D eigenvalue weighted by Crippen LogP contribution is 2.33. The van der Waals surface area contributed by atoms with Crippen LogP contribution in [0.4, 0.5) is 11.5 Å². The number of pyridine rings is 1. The number of rotatable bonds is 6. The lowest BCUT2D eigenvalue weighted by molar-refractivity contribution is 0.460. The Hall–Kier alpha value is -4.01. The Kier molecular flexibility index (Phi) is 7.13. The molecule has 2 aromatic carbocycles. The minimum absolute atomic E-state index is 0.109. The number of aliphatic imine (C=N–C) groups is 1. The molecule has 1 unspecified atom stereocenters. The molecule has 0 radical (unpaired) electrons. The Bertz CT molecular complexity index is 1560. The van der Waals surface area contributed by atoms with Crippen LogP contribution in [0, 0.1) is 0 Å². The van der Waals surface area contributed by atoms with Crippen LogP contribution in [-0.2, 0) is 6.54 Å². The zero-order valence-electron chi connectivity index (χ0n) is 21.7. The number of hydrogen-bond donors (Lipinski definition) is 3. The molecule has 39 heavy (non-hydrogen) atoms. The van der Waals surface area contributed by atoms with Gasteiger partial charge in [-0.05, 0) is 74.2 Å². The average Bonchev–Trinajstić information content (AvgIpc) is 2.98. The van der Waals surface area contributed by atoms with Gasteiger partial charge in [0.2, 0.25) is 0 Å². The number of aromatic nitrogens is 3. The van der Waals surface area contributed by atoms with Crippen LogP contribution in [-0.4, -0.2) is 40.1 Å². The summed E-state index contributed by atoms with van der Waals surface area (Å²) in [5, 5.41) is 10.8. The van der Waals surface area contributed by atoms with Gasteiger partial charge >= 0.3 is 0 Å². The topological polar surface area (TPSA) is 96.2 Å². The summed E-state index contributed by atoms with van der Waals surface area (Å²) in [6.45, 7) is 4.62. The lowest BCUT2D eigenvalue weighted by Gasteiger charge is -2.27. The van der Waals surface area contributed by atoms with Crippen molar-refractivity contribution in [3.63, 3.8) is 0 Å². The van der Waals surface area contributed by atoms with Crippen molar-refractivity contribution in [3.8, 4) is 22.3 Å². The molecule has 6 rings (SSSR count). The van der Waals surface area contributed by atoms with Crippen LogP contribution in [0.5, 0.6) is 0 Å². The maximum absolute atomic E-state index is 13.6. The first kappa shape index (κ1) is 25.3. The van der Waals surface area contributed by atoms with E-state index in [2.05, 4.69) is 55.2 Å². The van der Waals surface area contributed by atoms with Crippen LogP contribution in [0.15, 0.2) is 77.0 Å². The fourth-order valence-corrected chi connectivity index (χ4v) is 5.65. The Morgan fingerprint density at radius 1 is 1.00 bits per heavy atom. The van der Waals surface area contributed by atoms with E-state index in [1.807, 2.05) is 37.4 Å². The van der Waals surface area contributed by atoms with Gasteiger partial charge in [-0.15, -0.1) is 0 Å². The zero-order chi connectivity index (χ0) is 26.8. The minimum atomic E-state index is -0.388. The van der Waals surface area contributed by atoms with Crippen molar-refractivity contribution in [1.82, 2.24) is 19.9 Å². The van der Waals surface area contributed by atoms with Crippen molar-refractivity contribution in [3.05, 3.63) is 93.8 Å². The third kappa shape index (κ3) is 5.17. The van der Waals surface area contributed by atoms with Crippen molar-refractivity contribution in [1.29, 1.82) is 0 Å². The van der Waals surface area contributed by atoms with Crippen LogP contribution in [0.25, 0.3) is 22.3 Å². The molecule has 1 atom stereocenters. The van der Waals surface area contributed by atoms with Gasteiger partial charge in [-0.3, -0.25) is 9.36 Å². The molecule has 0 amide bonds. The fourth-order valence-electron chi connectivity index (χ4n) is 5.36. The highest BCUT2D eigenvalue weighted by molar-refractivity contribution is 6.33. The Labute approximate surface area is 232 Å². The molecule has 0 aliphatic carbocycles. The number of nitrogens with zero attached hydrogens (tertiary/aromatic N) is 4. The van der Waals surface area contributed by atoms with Gasteiger partial charge in [0, 0.05) is 58.1 Å². The van der Waals surface area contributed by atoms with Crippen molar-refractivity contribution in [2.45, 2.75) is 38.5 Å². The quantitative estimate of drug-likeness (QED) is 0.305. The summed E-state index contributed by atoms with van der Waals surface area (Å²) in [7, 11) is 0. The van der Waals surface area contributed by atoms with E-state index < -0.39 is 0 Å². The van der Waals surface area contributed by atoms with Gasteiger partial charge in [-0.2, -0.15) is 0 Å². The van der Waals surface area contributed by atoms with E-state index in [1.54, 1.807) is 17.0 Å². The van der Waals surface area contributed by atoms with E-state index in [0.717, 1.165) is 41.3 Å². The minimum Gasteiger partial charge on any atom is -0.347 e. The summed E-state index contributed by atoms with van der Waals surface area (Å²) >= 11 is 6.69. The van der Waals surface area contributed by atoms with Crippen LogP contribution >= 0.6 is 11.6 Å². The monoisotopic (exact) mass is 539 g/mol. The number of hydrogen-bond acceptors (Lipinski definition) is 7. The highest BCUT2D eigenvalue weighted by atomic mass is 35.5. The van der Waals surface area contributed by atoms with Crippen molar-refractivity contribution in [2.24, 2.45) is 4.99 Å². The number of nitrogens with one attached hydrogen (secondary N) is 3. The molecule has 1 saturated heterocycles. The molecule has 1 fully saturated rings. The Morgan fingerprint density at radius 2 is 1.77 bits per heavy atom. The van der Waals surface area contributed by atoms with Crippen LogP contribution in [0.3, 0.4) is 0 Å². The smallest absolute Gasteiger partial charge is 0.260 e. The standard InChI is InChI=1S/C30H30ClN7O/c1-2-38-28-22(13-26(29(38)39)25-8-5-21(14-27(25)31)23-15-33-18-34-16-23)17-35-30(37-28)36-24-6-3-19(4-7-24)20-9-11-32-12-10-20/h3-8,13-18,20,30,32,36-37H,2,9-12H2,1H3. The van der Waals surface area contributed by atoms with E-state index >= 15 is 0 Å². The van der Waals surface area contributed by atoms with Crippen molar-refractivity contribution >= 4 is 29.3 Å². The molecular formula is C30H30ClN7O. The summed E-state index contributed by atoms with van der Waals surface area (Å²) < 4.78 is 1.74. The number of benzene rings is 2. The molecule has 4 heterocycles. The molecule has 0 saturated carbocycles. The predicted octanol–water partition coefficient (Wildman–Crippen LogP) is 5.35. The maximum atomic E-state index is 13.6. The van der Waals surface area contributed by atoms with Crippen LogP contribution < -0.4 is 21.5 Å². The van der Waals surface area contributed by atoms with E-state index in [0.29, 0.717) is 28.6 Å². The molecule has 2 aromatic heterocycles. The third-order valence-corrected chi connectivity index (χ3v) is 7.76. The highest BCUT2D eigenvalue weighted by Gasteiger charge is 2.22. The Morgan fingerprint density at radius 3 is 2.49 bits per heavy atom. The van der Waals surface area contributed by atoms with Crippen LogP contribution in [0.1, 0.15) is 36.8 Å². The van der Waals surface area contributed by atoms with Gasteiger partial charge in [0.05, 0.1) is 0 Å². The fraction of sp³-hybridized carbons (Fsp3) is 0.267. The number of halogens is 1. The van der Waals surface area contributed by atoms with Gasteiger partial charge in [0.1, 0.15) is 12.1 Å². The van der Waals surface area contributed by atoms with Crippen molar-refractivity contribution < 1.29 is 0 Å². The molecule has 0 spiro atoms. The molecule has 2 aliphatic heterocycles. The molecule has 4 aromatic rings. The van der Waals surface area contributed by atoms with Crippen molar-refractivity contribution in [2.75, 3.05) is 23.7 Å². The second kappa shape index (κ2) is 11.0. The summed E-state index contributed by atoms with van der Waals surface area (Å²) in [6, 6.07) is 16.1. The van der Waals surface area contributed by atoms with Crippen LogP contribution in [0.2, 0.25) is 5.02 Å². The first-order valence-electron chi connectivity index (χ1n) is 13.3. The van der Waals surface area contributed by atoms with E-state index in [9.17, 15) is 4.79 Å². The predicted molar refractivity (Wildman–Crippen MR) is 158 cm³/mol. The molecular weight excluding hydrogens is 510 g/mol. The normalized spacial score (nSPS) is 16.9. The number of piperidine rings is 1. The Balaban J connectivity index is 1.24. The summed E-state index contributed by atoms with van der Waals surface area (Å²) in [5.41, 5.74) is 6.04. The first-order valence-corrected chi connectivity index (χ1v) is 13.7. The molecule has 198 valence electrons. The summed E-state index contributed by atoms with van der Waals surface area (Å²) in [4.78, 5) is 26.4. The first-order chi connectivity index (χ1) is 19.1. The molecule has 8 nitrogen and oxygen atoms in total. The lowest BCUT2D eigenvalue weighted by atomic mass is 9.90. The maximum Gasteiger partial charge on any atom is 0.260 e. The van der Waals surface area contributed by atoms with Gasteiger partial charge < -0.3 is 16.0 Å². The zero-order valence-corrected chi connectivity index (χ0v) is 22.4. The molecule has 3 N–H and O–H groups in total. The van der Waals surface area contributed by atoms with E-state index in [1.165, 1.54) is 24.7 Å². The second-order valence-corrected chi connectivity index (χ2v) is 10.3. The average molecular weight is 540 g/mol. The number of anilines is 2. The summed E-state index contributed by atoms with van der Waals surface area (Å²) in [5.74, 6) is 1.35. The second-order valence-electron chi connectivity index (χ2n) is 9.85.